The molecule has 4 nitrogen and oxygen atoms in total. The summed E-state index contributed by atoms with van der Waals surface area (Å²) in [7, 11) is 3.50. The van der Waals surface area contributed by atoms with Crippen LogP contribution in [0.3, 0.4) is 0 Å². The highest BCUT2D eigenvalue weighted by atomic mass is 19.1. The van der Waals surface area contributed by atoms with Crippen molar-refractivity contribution in [1.82, 2.24) is 4.98 Å². The smallest absolute Gasteiger partial charge is 0.182 e. The van der Waals surface area contributed by atoms with Crippen molar-refractivity contribution in [2.24, 2.45) is 0 Å². The zero-order valence-electron chi connectivity index (χ0n) is 12.0. The topological polar surface area (TPSA) is 42.4 Å². The van der Waals surface area contributed by atoms with Crippen LogP contribution in [0.1, 0.15) is 16.9 Å². The summed E-state index contributed by atoms with van der Waals surface area (Å²) in [4.78, 5) is 17.7. The van der Waals surface area contributed by atoms with Gasteiger partial charge in [0.2, 0.25) is 0 Å². The van der Waals surface area contributed by atoms with Gasteiger partial charge in [-0.3, -0.25) is 9.78 Å². The quantitative estimate of drug-likeness (QED) is 0.766. The molecular formula is C16H17FN2O2. The van der Waals surface area contributed by atoms with E-state index in [1.807, 2.05) is 36.2 Å². The number of halogens is 1. The van der Waals surface area contributed by atoms with Crippen LogP contribution in [0.25, 0.3) is 0 Å². The summed E-state index contributed by atoms with van der Waals surface area (Å²) in [5.74, 6) is 0.196. The van der Waals surface area contributed by atoms with Crippen LogP contribution in [0.4, 0.5) is 10.1 Å². The number of carbonyl (C=O) groups is 1. The van der Waals surface area contributed by atoms with Crippen LogP contribution in [-0.4, -0.2) is 31.5 Å². The zero-order valence-corrected chi connectivity index (χ0v) is 12.0. The molecule has 1 heterocycles. The van der Waals surface area contributed by atoms with Crippen molar-refractivity contribution < 1.29 is 13.9 Å². The molecule has 0 atom stereocenters. The van der Waals surface area contributed by atoms with Crippen LogP contribution in [0, 0.1) is 5.82 Å². The highest BCUT2D eigenvalue weighted by Crippen LogP contribution is 2.26. The van der Waals surface area contributed by atoms with Crippen LogP contribution < -0.4 is 9.64 Å². The number of benzene rings is 1. The first-order valence-electron chi connectivity index (χ1n) is 6.60. The molecule has 0 radical (unpaired) electrons. The van der Waals surface area contributed by atoms with E-state index in [-0.39, 0.29) is 11.5 Å². The minimum atomic E-state index is -0.447. The van der Waals surface area contributed by atoms with Gasteiger partial charge in [0.05, 0.1) is 19.0 Å². The Morgan fingerprint density at radius 2 is 2.05 bits per heavy atom. The van der Waals surface area contributed by atoms with E-state index in [4.69, 9.17) is 4.74 Å². The van der Waals surface area contributed by atoms with E-state index in [0.717, 1.165) is 17.6 Å². The van der Waals surface area contributed by atoms with Crippen molar-refractivity contribution in [2.75, 3.05) is 25.6 Å². The van der Waals surface area contributed by atoms with Gasteiger partial charge in [0.1, 0.15) is 17.3 Å². The summed E-state index contributed by atoms with van der Waals surface area (Å²) < 4.78 is 18.1. The Balaban J connectivity index is 1.99. The molecule has 2 rings (SSSR count). The van der Waals surface area contributed by atoms with Crippen molar-refractivity contribution in [1.29, 1.82) is 0 Å². The number of para-hydroxylation sites is 2. The van der Waals surface area contributed by atoms with E-state index in [2.05, 4.69) is 4.98 Å². The fourth-order valence-corrected chi connectivity index (χ4v) is 2.00. The number of ketones is 1. The number of carbonyl (C=O) groups excluding carboxylic acids is 1. The van der Waals surface area contributed by atoms with E-state index < -0.39 is 5.82 Å². The number of aromatic nitrogens is 1. The highest BCUT2D eigenvalue weighted by molar-refractivity contribution is 5.94. The fraction of sp³-hybridized carbons (Fsp3) is 0.250. The van der Waals surface area contributed by atoms with Crippen LogP contribution in [-0.2, 0) is 0 Å². The summed E-state index contributed by atoms with van der Waals surface area (Å²) in [6.45, 7) is 0.526. The first-order valence-corrected chi connectivity index (χ1v) is 6.60. The molecule has 0 unspecified atom stereocenters. The Bertz CT molecular complexity index is 614. The molecule has 0 aliphatic heterocycles. The van der Waals surface area contributed by atoms with Crippen LogP contribution >= 0.6 is 0 Å². The second-order valence-electron chi connectivity index (χ2n) is 4.63. The number of methoxy groups -OCH3 is 1. The van der Waals surface area contributed by atoms with Gasteiger partial charge < -0.3 is 9.64 Å². The van der Waals surface area contributed by atoms with E-state index in [9.17, 15) is 9.18 Å². The Labute approximate surface area is 123 Å². The molecule has 0 saturated heterocycles. The monoisotopic (exact) mass is 288 g/mol. The maximum absolute atomic E-state index is 12.8. The number of nitrogens with zero attached hydrogens (tertiary/aromatic N) is 2. The number of pyridine rings is 1. The number of anilines is 1. The maximum Gasteiger partial charge on any atom is 0.182 e. The Hall–Kier alpha value is -2.43. The second-order valence-corrected chi connectivity index (χ2v) is 4.63. The summed E-state index contributed by atoms with van der Waals surface area (Å²) in [6, 6.07) is 10.3. The third-order valence-corrected chi connectivity index (χ3v) is 3.18. The predicted molar refractivity (Wildman–Crippen MR) is 79.4 cm³/mol. The first-order chi connectivity index (χ1) is 10.1. The van der Waals surface area contributed by atoms with Gasteiger partial charge in [0.15, 0.2) is 5.78 Å². The van der Waals surface area contributed by atoms with Crippen molar-refractivity contribution >= 4 is 11.5 Å². The second kappa shape index (κ2) is 6.83. The molecular weight excluding hydrogens is 271 g/mol. The Morgan fingerprint density at radius 3 is 2.71 bits per heavy atom. The lowest BCUT2D eigenvalue weighted by molar-refractivity contribution is 0.0980. The Kier molecular flexibility index (Phi) is 4.87. The number of hydrogen-bond donors (Lipinski definition) is 0. The van der Waals surface area contributed by atoms with Gasteiger partial charge in [-0.2, -0.15) is 0 Å². The van der Waals surface area contributed by atoms with E-state index >= 15 is 0 Å². The summed E-state index contributed by atoms with van der Waals surface area (Å²) in [6.07, 6.45) is 1.35. The van der Waals surface area contributed by atoms with Gasteiger partial charge in [-0.15, -0.1) is 0 Å². The Morgan fingerprint density at radius 1 is 1.29 bits per heavy atom. The number of hydrogen-bond acceptors (Lipinski definition) is 4. The summed E-state index contributed by atoms with van der Waals surface area (Å²) >= 11 is 0. The van der Waals surface area contributed by atoms with E-state index in [1.54, 1.807) is 7.11 Å². The molecule has 0 spiro atoms. The van der Waals surface area contributed by atoms with E-state index in [1.165, 1.54) is 12.1 Å². The van der Waals surface area contributed by atoms with E-state index in [0.29, 0.717) is 13.0 Å². The van der Waals surface area contributed by atoms with Crippen LogP contribution in [0.15, 0.2) is 42.6 Å². The van der Waals surface area contributed by atoms with Crippen molar-refractivity contribution in [3.63, 3.8) is 0 Å². The molecule has 0 fully saturated rings. The minimum absolute atomic E-state index is 0.114. The molecule has 0 saturated carbocycles. The molecule has 1 aromatic heterocycles. The fourth-order valence-electron chi connectivity index (χ4n) is 2.00. The maximum atomic E-state index is 12.8. The molecule has 0 bridgehead atoms. The summed E-state index contributed by atoms with van der Waals surface area (Å²) in [5, 5.41) is 0. The molecule has 1 aromatic carbocycles. The molecule has 0 N–H and O–H groups in total. The minimum Gasteiger partial charge on any atom is -0.495 e. The average Bonchev–Trinajstić information content (AvgIpc) is 2.52. The lowest BCUT2D eigenvalue weighted by Crippen LogP contribution is -2.22. The molecule has 0 aliphatic rings. The molecule has 110 valence electrons. The van der Waals surface area contributed by atoms with Gasteiger partial charge >= 0.3 is 0 Å². The summed E-state index contributed by atoms with van der Waals surface area (Å²) in [5.41, 5.74) is 1.20. The predicted octanol–water partition coefficient (Wildman–Crippen LogP) is 2.94. The first kappa shape index (κ1) is 15.0. The van der Waals surface area contributed by atoms with Gasteiger partial charge in [0.25, 0.3) is 0 Å². The van der Waals surface area contributed by atoms with Crippen molar-refractivity contribution in [3.05, 3.63) is 54.1 Å². The molecule has 0 aliphatic carbocycles. The highest BCUT2D eigenvalue weighted by Gasteiger charge is 2.11. The van der Waals surface area contributed by atoms with Gasteiger partial charge in [-0.25, -0.2) is 4.39 Å². The number of rotatable bonds is 6. The largest absolute Gasteiger partial charge is 0.495 e. The van der Waals surface area contributed by atoms with Crippen LogP contribution in [0.5, 0.6) is 5.75 Å². The number of Topliss-reactive ketones (excluding diaryl/α,β-unsaturated/α-hetero) is 1. The van der Waals surface area contributed by atoms with Gasteiger partial charge in [-0.05, 0) is 24.3 Å². The molecule has 0 amide bonds. The lowest BCUT2D eigenvalue weighted by Gasteiger charge is -2.21. The SMILES string of the molecule is COc1ccccc1N(C)CCC(=O)c1ccc(F)cn1. The lowest BCUT2D eigenvalue weighted by atomic mass is 10.2. The average molecular weight is 288 g/mol. The molecule has 21 heavy (non-hydrogen) atoms. The van der Waals surface area contributed by atoms with Crippen molar-refractivity contribution in [3.8, 4) is 5.75 Å². The number of ether oxygens (including phenoxy) is 1. The van der Waals surface area contributed by atoms with Gasteiger partial charge in [0, 0.05) is 20.0 Å². The standard InChI is InChI=1S/C16H17FN2O2/c1-19(14-5-3-4-6-16(14)21-2)10-9-15(20)13-8-7-12(17)11-18-13/h3-8,11H,9-10H2,1-2H3. The van der Waals surface area contributed by atoms with Gasteiger partial charge in [-0.1, -0.05) is 12.1 Å². The zero-order chi connectivity index (χ0) is 15.2. The third kappa shape index (κ3) is 3.78. The third-order valence-electron chi connectivity index (χ3n) is 3.18. The molecule has 2 aromatic rings. The molecule has 5 heteroatoms. The van der Waals surface area contributed by atoms with Crippen LogP contribution in [0.2, 0.25) is 0 Å². The van der Waals surface area contributed by atoms with Crippen molar-refractivity contribution in [2.45, 2.75) is 6.42 Å². The normalized spacial score (nSPS) is 10.2.